The smallest absolute Gasteiger partial charge is 0.408 e. The van der Waals surface area contributed by atoms with Crippen molar-refractivity contribution in [3.63, 3.8) is 0 Å². The first kappa shape index (κ1) is 40.2. The molecule has 0 radical (unpaired) electrons. The number of benzene rings is 2. The number of thiazole rings is 1. The Morgan fingerprint density at radius 3 is 2.30 bits per heavy atom. The Balaban J connectivity index is 1.78. The molecule has 2 aromatic carbocycles. The van der Waals surface area contributed by atoms with Gasteiger partial charge in [0, 0.05) is 24.5 Å². The van der Waals surface area contributed by atoms with Gasteiger partial charge in [-0.25, -0.2) is 22.9 Å². The van der Waals surface area contributed by atoms with E-state index in [2.05, 4.69) is 25.3 Å². The van der Waals surface area contributed by atoms with Crippen LogP contribution in [-0.2, 0) is 26.0 Å². The number of aliphatic hydroxyl groups is 1. The summed E-state index contributed by atoms with van der Waals surface area (Å²) in [7, 11) is -2.53. The molecule has 3 rings (SSSR count). The fourth-order valence-electron chi connectivity index (χ4n) is 5.56. The first-order valence-electron chi connectivity index (χ1n) is 16.2. The lowest BCUT2D eigenvalue weighted by molar-refractivity contribution is -0.124. The Labute approximate surface area is 299 Å². The topological polar surface area (TPSA) is 194 Å². The maximum Gasteiger partial charge on any atom is 0.408 e. The highest BCUT2D eigenvalue weighted by molar-refractivity contribution is 7.90. The number of nitrogens with one attached hydrogen (secondary N) is 3. The SMILES string of the molecule is COc1cc(C)c(S(=O)(=O)NC(N)=NCCC[C@H](NC(=O)[C@H](Cc2c(C)cccc2C)NC(=O)OC(C)(C)C)C(O)c2nccs2)c(C)c1C. The predicted molar refractivity (Wildman–Crippen MR) is 195 cm³/mol. The minimum atomic E-state index is -4.05. The van der Waals surface area contributed by atoms with E-state index in [1.54, 1.807) is 59.2 Å². The lowest BCUT2D eigenvalue weighted by Gasteiger charge is -2.28. The van der Waals surface area contributed by atoms with Crippen molar-refractivity contribution in [2.75, 3.05) is 13.7 Å². The van der Waals surface area contributed by atoms with Gasteiger partial charge in [0.25, 0.3) is 10.0 Å². The Morgan fingerprint density at radius 2 is 1.72 bits per heavy atom. The van der Waals surface area contributed by atoms with Gasteiger partial charge in [-0.2, -0.15) is 0 Å². The summed E-state index contributed by atoms with van der Waals surface area (Å²) in [6.45, 7) is 14.3. The Hall–Kier alpha value is -4.21. The zero-order chi connectivity index (χ0) is 37.4. The van der Waals surface area contributed by atoms with Crippen molar-refractivity contribution in [2.45, 2.75) is 103 Å². The van der Waals surface area contributed by atoms with Crippen molar-refractivity contribution >= 4 is 39.3 Å². The molecule has 6 N–H and O–H groups in total. The number of carbonyl (C=O) groups excluding carboxylic acids is 2. The van der Waals surface area contributed by atoms with Gasteiger partial charge in [-0.1, -0.05) is 18.2 Å². The number of guanidine groups is 1. The number of alkyl carbamates (subject to hydrolysis) is 1. The second kappa shape index (κ2) is 17.1. The largest absolute Gasteiger partial charge is 0.496 e. The summed E-state index contributed by atoms with van der Waals surface area (Å²) < 4.78 is 39.7. The van der Waals surface area contributed by atoms with Crippen molar-refractivity contribution < 1.29 is 32.6 Å². The van der Waals surface area contributed by atoms with E-state index in [0.29, 0.717) is 33.9 Å². The Kier molecular flexibility index (Phi) is 13.8. The number of aliphatic hydroxyl groups excluding tert-OH is 1. The van der Waals surface area contributed by atoms with Gasteiger partial charge in [-0.05, 0) is 108 Å². The van der Waals surface area contributed by atoms with E-state index in [1.165, 1.54) is 18.4 Å². The molecule has 0 saturated heterocycles. The molecule has 3 atom stereocenters. The van der Waals surface area contributed by atoms with Gasteiger partial charge < -0.3 is 30.9 Å². The normalized spacial score (nSPS) is 14.0. The highest BCUT2D eigenvalue weighted by Gasteiger charge is 2.31. The van der Waals surface area contributed by atoms with Crippen LogP contribution in [0, 0.1) is 34.6 Å². The quantitative estimate of drug-likeness (QED) is 0.0907. The van der Waals surface area contributed by atoms with Crippen LogP contribution in [0.15, 0.2) is 45.7 Å². The minimum Gasteiger partial charge on any atom is -0.496 e. The fourth-order valence-corrected chi connectivity index (χ4v) is 7.73. The Bertz CT molecular complexity index is 1770. The van der Waals surface area contributed by atoms with E-state index in [-0.39, 0.29) is 30.2 Å². The number of aliphatic imine (C=N–C) groups is 1. The van der Waals surface area contributed by atoms with Gasteiger partial charge in [0.2, 0.25) is 11.9 Å². The summed E-state index contributed by atoms with van der Waals surface area (Å²) in [4.78, 5) is 35.2. The molecule has 0 spiro atoms. The summed E-state index contributed by atoms with van der Waals surface area (Å²) in [5.41, 5.74) is 9.79. The van der Waals surface area contributed by atoms with Crippen LogP contribution >= 0.6 is 11.3 Å². The van der Waals surface area contributed by atoms with Gasteiger partial charge >= 0.3 is 6.09 Å². The molecule has 3 aromatic rings. The van der Waals surface area contributed by atoms with Crippen LogP contribution in [0.4, 0.5) is 4.79 Å². The number of aryl methyl sites for hydroxylation is 3. The van der Waals surface area contributed by atoms with Crippen LogP contribution in [0.2, 0.25) is 0 Å². The monoisotopic (exact) mass is 730 g/mol. The number of nitrogens with zero attached hydrogens (tertiary/aromatic N) is 2. The zero-order valence-corrected chi connectivity index (χ0v) is 31.8. The molecule has 1 heterocycles. The summed E-state index contributed by atoms with van der Waals surface area (Å²) in [5.74, 6) is -0.233. The number of hydrogen-bond donors (Lipinski definition) is 5. The van der Waals surface area contributed by atoms with Gasteiger partial charge in [0.15, 0.2) is 0 Å². The molecule has 0 aliphatic heterocycles. The number of sulfonamides is 1. The van der Waals surface area contributed by atoms with Crippen molar-refractivity contribution in [2.24, 2.45) is 10.7 Å². The maximum absolute atomic E-state index is 13.9. The van der Waals surface area contributed by atoms with Crippen molar-refractivity contribution in [1.82, 2.24) is 20.3 Å². The molecule has 13 nitrogen and oxygen atoms in total. The number of amides is 2. The molecular weight excluding hydrogens is 681 g/mol. The van der Waals surface area contributed by atoms with Gasteiger partial charge in [-0.3, -0.25) is 9.79 Å². The number of methoxy groups -OCH3 is 1. The third-order valence-corrected chi connectivity index (χ3v) is 10.6. The molecule has 1 unspecified atom stereocenters. The van der Waals surface area contributed by atoms with Crippen LogP contribution in [0.5, 0.6) is 5.75 Å². The molecule has 1 aromatic heterocycles. The van der Waals surface area contributed by atoms with Crippen molar-refractivity contribution in [1.29, 1.82) is 0 Å². The first-order valence-corrected chi connectivity index (χ1v) is 18.6. The third kappa shape index (κ3) is 10.9. The summed E-state index contributed by atoms with van der Waals surface area (Å²) in [6.07, 6.45) is 0.386. The van der Waals surface area contributed by atoms with E-state index in [9.17, 15) is 23.1 Å². The highest BCUT2D eigenvalue weighted by atomic mass is 32.2. The van der Waals surface area contributed by atoms with E-state index < -0.39 is 45.8 Å². The molecule has 0 bridgehead atoms. The van der Waals surface area contributed by atoms with E-state index in [1.807, 2.05) is 32.0 Å². The number of hydrogen-bond acceptors (Lipinski definition) is 10. The summed E-state index contributed by atoms with van der Waals surface area (Å²) >= 11 is 1.24. The first-order chi connectivity index (χ1) is 23.3. The lowest BCUT2D eigenvalue weighted by Crippen LogP contribution is -2.52. The molecule has 274 valence electrons. The average molecular weight is 731 g/mol. The number of nitrogens with two attached hydrogens (primary N) is 1. The maximum atomic E-state index is 13.9. The summed E-state index contributed by atoms with van der Waals surface area (Å²) in [5, 5.41) is 19.0. The third-order valence-electron chi connectivity index (χ3n) is 8.13. The average Bonchev–Trinajstić information content (AvgIpc) is 3.55. The second-order valence-corrected chi connectivity index (χ2v) is 15.7. The molecule has 0 aliphatic rings. The zero-order valence-electron chi connectivity index (χ0n) is 30.2. The van der Waals surface area contributed by atoms with E-state index >= 15 is 0 Å². The predicted octanol–water partition coefficient (Wildman–Crippen LogP) is 4.42. The fraction of sp³-hybridized carbons (Fsp3) is 0.486. The summed E-state index contributed by atoms with van der Waals surface area (Å²) in [6, 6.07) is 5.61. The molecule has 0 aliphatic carbocycles. The van der Waals surface area contributed by atoms with Crippen LogP contribution in [-0.4, -0.2) is 67.8 Å². The number of aromatic nitrogens is 1. The van der Waals surface area contributed by atoms with Gasteiger partial charge in [0.1, 0.15) is 28.5 Å². The molecule has 15 heteroatoms. The van der Waals surface area contributed by atoms with Crippen molar-refractivity contribution in [3.05, 3.63) is 74.2 Å². The number of rotatable bonds is 14. The molecular formula is C35H50N6O7S2. The van der Waals surface area contributed by atoms with Crippen LogP contribution in [0.1, 0.15) is 78.1 Å². The van der Waals surface area contributed by atoms with Crippen molar-refractivity contribution in [3.8, 4) is 5.75 Å². The minimum absolute atomic E-state index is 0.0902. The number of ether oxygens (including phenoxy) is 2. The number of carbonyl (C=O) groups is 2. The lowest BCUT2D eigenvalue weighted by atomic mass is 9.95. The van der Waals surface area contributed by atoms with Crippen LogP contribution in [0.3, 0.4) is 0 Å². The molecule has 2 amide bonds. The standard InChI is InChI=1S/C35H50N6O7S2/c1-20-12-10-13-21(2)25(20)19-27(40-34(44)48-35(6,7)8)31(43)39-26(29(42)32-37-16-17-49-32)14-11-15-38-33(36)41-50(45,46)30-22(3)18-28(47-9)23(4)24(30)5/h10,12-13,16-18,26-27,29,42H,11,14-15,19H2,1-9H3,(H,39,43)(H,40,44)(H3,36,38,41)/t26-,27-,29?/m0/s1. The Morgan fingerprint density at radius 1 is 1.06 bits per heavy atom. The molecule has 0 fully saturated rings. The van der Waals surface area contributed by atoms with E-state index in [4.69, 9.17) is 15.2 Å². The van der Waals surface area contributed by atoms with Gasteiger partial charge in [-0.15, -0.1) is 11.3 Å². The van der Waals surface area contributed by atoms with Crippen LogP contribution in [0.25, 0.3) is 0 Å². The molecule has 0 saturated carbocycles. The highest BCUT2D eigenvalue weighted by Crippen LogP contribution is 2.30. The second-order valence-electron chi connectivity index (χ2n) is 13.2. The molecule has 50 heavy (non-hydrogen) atoms. The van der Waals surface area contributed by atoms with Crippen LogP contribution < -0.4 is 25.8 Å². The van der Waals surface area contributed by atoms with E-state index in [0.717, 1.165) is 16.7 Å². The van der Waals surface area contributed by atoms with Gasteiger partial charge in [0.05, 0.1) is 18.0 Å².